The van der Waals surface area contributed by atoms with Gasteiger partial charge in [-0.2, -0.15) is 5.10 Å². The third-order valence-electron chi connectivity index (χ3n) is 4.86. The summed E-state index contributed by atoms with van der Waals surface area (Å²) >= 11 is 0. The van der Waals surface area contributed by atoms with E-state index in [2.05, 4.69) is 25.1 Å². The Kier molecular flexibility index (Phi) is 4.05. The highest BCUT2D eigenvalue weighted by atomic mass is 16.5. The van der Waals surface area contributed by atoms with Gasteiger partial charge in [-0.1, -0.05) is 30.3 Å². The second kappa shape index (κ2) is 6.87. The molecule has 1 atom stereocenters. The predicted molar refractivity (Wildman–Crippen MR) is 109 cm³/mol. The van der Waals surface area contributed by atoms with Crippen LogP contribution in [0.5, 0.6) is 0 Å². The molecule has 0 aliphatic carbocycles. The zero-order valence-electron chi connectivity index (χ0n) is 15.6. The Morgan fingerprint density at radius 2 is 1.83 bits per heavy atom. The number of imidazole rings is 1. The first-order chi connectivity index (χ1) is 14.2. The highest BCUT2D eigenvalue weighted by molar-refractivity contribution is 6.01. The van der Waals surface area contributed by atoms with E-state index in [0.29, 0.717) is 5.52 Å². The van der Waals surface area contributed by atoms with Crippen LogP contribution in [0.25, 0.3) is 33.2 Å². The van der Waals surface area contributed by atoms with E-state index in [9.17, 15) is 4.79 Å². The van der Waals surface area contributed by atoms with Gasteiger partial charge >= 0.3 is 5.97 Å². The topological polar surface area (TPSA) is 96.5 Å². The highest BCUT2D eigenvalue weighted by Crippen LogP contribution is 2.29. The van der Waals surface area contributed by atoms with Gasteiger partial charge in [-0.05, 0) is 36.8 Å². The van der Waals surface area contributed by atoms with Gasteiger partial charge in [0.15, 0.2) is 0 Å². The SMILES string of the molecule is C[C@@H](OC(=O)c1nc2cc3c(-c4ccncc4)n[nH]c3cc2[nH]1)c1ccccc1. The summed E-state index contributed by atoms with van der Waals surface area (Å²) in [4.78, 5) is 24.1. The van der Waals surface area contributed by atoms with Gasteiger partial charge in [-0.25, -0.2) is 9.78 Å². The molecule has 3 heterocycles. The van der Waals surface area contributed by atoms with Crippen molar-refractivity contribution in [1.29, 1.82) is 0 Å². The molecule has 0 radical (unpaired) electrons. The number of benzene rings is 2. The fourth-order valence-corrected chi connectivity index (χ4v) is 3.36. The number of esters is 1. The van der Waals surface area contributed by atoms with E-state index in [1.807, 2.05) is 61.5 Å². The average Bonchev–Trinajstić information content (AvgIpc) is 3.36. The van der Waals surface area contributed by atoms with Crippen LogP contribution in [0.4, 0.5) is 0 Å². The minimum atomic E-state index is -0.492. The van der Waals surface area contributed by atoms with Crippen molar-refractivity contribution in [3.63, 3.8) is 0 Å². The first-order valence-electron chi connectivity index (χ1n) is 9.23. The molecule has 0 aliphatic heterocycles. The molecule has 0 bridgehead atoms. The van der Waals surface area contributed by atoms with Gasteiger partial charge in [0.25, 0.3) is 0 Å². The number of nitrogens with zero attached hydrogens (tertiary/aromatic N) is 3. The highest BCUT2D eigenvalue weighted by Gasteiger charge is 2.18. The Labute approximate surface area is 165 Å². The Morgan fingerprint density at radius 3 is 2.62 bits per heavy atom. The van der Waals surface area contributed by atoms with Crippen LogP contribution in [-0.4, -0.2) is 31.1 Å². The third kappa shape index (κ3) is 3.12. The Morgan fingerprint density at radius 1 is 1.03 bits per heavy atom. The number of H-pyrrole nitrogens is 2. The number of pyridine rings is 1. The van der Waals surface area contributed by atoms with Crippen molar-refractivity contribution >= 4 is 27.9 Å². The van der Waals surface area contributed by atoms with Crippen molar-refractivity contribution in [2.75, 3.05) is 0 Å². The number of nitrogens with one attached hydrogen (secondary N) is 2. The number of ether oxygens (including phenoxy) is 1. The number of fused-ring (bicyclic) bond motifs is 2. The van der Waals surface area contributed by atoms with Gasteiger partial charge in [0.2, 0.25) is 5.82 Å². The van der Waals surface area contributed by atoms with E-state index in [0.717, 1.165) is 33.2 Å². The number of aromatic amines is 2. The summed E-state index contributed by atoms with van der Waals surface area (Å²) in [5, 5.41) is 8.37. The standard InChI is InChI=1S/C22H17N5O2/c1-13(14-5-3-2-4-6-14)29-22(28)21-24-18-11-16-17(12-19(18)25-21)26-27-20(16)15-7-9-23-10-8-15/h2-13H,1H3,(H,24,25)(H,26,27)/t13-/m1/s1. The molecule has 3 aromatic heterocycles. The van der Waals surface area contributed by atoms with E-state index in [1.54, 1.807) is 12.4 Å². The summed E-state index contributed by atoms with van der Waals surface area (Å²) in [7, 11) is 0. The Bertz CT molecular complexity index is 1310. The van der Waals surface area contributed by atoms with E-state index in [4.69, 9.17) is 4.74 Å². The van der Waals surface area contributed by atoms with Crippen molar-refractivity contribution < 1.29 is 9.53 Å². The molecule has 0 saturated heterocycles. The summed E-state index contributed by atoms with van der Waals surface area (Å²) in [6.45, 7) is 1.84. The predicted octanol–water partition coefficient (Wildman–Crippen LogP) is 4.42. The van der Waals surface area contributed by atoms with Gasteiger partial charge in [0.1, 0.15) is 11.8 Å². The summed E-state index contributed by atoms with van der Waals surface area (Å²) in [5.41, 5.74) is 4.96. The normalized spacial score (nSPS) is 12.3. The van der Waals surface area contributed by atoms with Gasteiger partial charge < -0.3 is 9.72 Å². The quantitative estimate of drug-likeness (QED) is 0.448. The molecule has 0 unspecified atom stereocenters. The molecule has 7 nitrogen and oxygen atoms in total. The fraction of sp³-hybridized carbons (Fsp3) is 0.0909. The van der Waals surface area contributed by atoms with Crippen LogP contribution >= 0.6 is 0 Å². The van der Waals surface area contributed by atoms with Gasteiger partial charge in [-0.15, -0.1) is 0 Å². The third-order valence-corrected chi connectivity index (χ3v) is 4.86. The van der Waals surface area contributed by atoms with E-state index in [1.165, 1.54) is 0 Å². The van der Waals surface area contributed by atoms with Crippen LogP contribution in [0.15, 0.2) is 67.0 Å². The first-order valence-corrected chi connectivity index (χ1v) is 9.23. The maximum Gasteiger partial charge on any atom is 0.374 e. The number of carbonyl (C=O) groups is 1. The maximum absolute atomic E-state index is 12.6. The lowest BCUT2D eigenvalue weighted by Gasteiger charge is -2.12. The molecule has 0 saturated carbocycles. The molecule has 142 valence electrons. The molecule has 7 heteroatoms. The number of hydrogen-bond donors (Lipinski definition) is 2. The maximum atomic E-state index is 12.6. The smallest absolute Gasteiger partial charge is 0.374 e. The van der Waals surface area contributed by atoms with Crippen LogP contribution in [0.1, 0.15) is 29.2 Å². The fourth-order valence-electron chi connectivity index (χ4n) is 3.36. The van der Waals surface area contributed by atoms with Crippen LogP contribution < -0.4 is 0 Å². The minimum Gasteiger partial charge on any atom is -0.452 e. The molecule has 2 aromatic carbocycles. The van der Waals surface area contributed by atoms with Crippen molar-refractivity contribution in [2.24, 2.45) is 0 Å². The molecular weight excluding hydrogens is 366 g/mol. The molecule has 0 amide bonds. The Balaban J connectivity index is 1.48. The van der Waals surface area contributed by atoms with E-state index >= 15 is 0 Å². The van der Waals surface area contributed by atoms with Crippen LogP contribution in [0.3, 0.4) is 0 Å². The first kappa shape index (κ1) is 17.1. The van der Waals surface area contributed by atoms with Crippen LogP contribution in [0.2, 0.25) is 0 Å². The molecular formula is C22H17N5O2. The second-order valence-electron chi connectivity index (χ2n) is 6.77. The van der Waals surface area contributed by atoms with Crippen LogP contribution in [0, 0.1) is 0 Å². The molecule has 5 rings (SSSR count). The summed E-state index contributed by atoms with van der Waals surface area (Å²) in [6.07, 6.45) is 3.09. The second-order valence-corrected chi connectivity index (χ2v) is 6.77. The molecule has 0 aliphatic rings. The lowest BCUT2D eigenvalue weighted by Crippen LogP contribution is -2.10. The van der Waals surface area contributed by atoms with Gasteiger partial charge in [-0.3, -0.25) is 10.1 Å². The van der Waals surface area contributed by atoms with Gasteiger partial charge in [0.05, 0.1) is 16.6 Å². The monoisotopic (exact) mass is 383 g/mol. The van der Waals surface area contributed by atoms with E-state index < -0.39 is 5.97 Å². The van der Waals surface area contributed by atoms with Crippen molar-refractivity contribution in [1.82, 2.24) is 25.1 Å². The Hall–Kier alpha value is -4.00. The summed E-state index contributed by atoms with van der Waals surface area (Å²) in [6, 6.07) is 17.2. The number of aromatic nitrogens is 5. The number of carbonyl (C=O) groups excluding carboxylic acids is 1. The zero-order chi connectivity index (χ0) is 19.8. The van der Waals surface area contributed by atoms with Crippen molar-refractivity contribution in [3.05, 3.63) is 78.4 Å². The van der Waals surface area contributed by atoms with Gasteiger partial charge in [0, 0.05) is 23.3 Å². The number of hydrogen-bond acceptors (Lipinski definition) is 5. The minimum absolute atomic E-state index is 0.175. The van der Waals surface area contributed by atoms with Crippen LogP contribution in [-0.2, 0) is 4.74 Å². The molecule has 0 fully saturated rings. The average molecular weight is 383 g/mol. The largest absolute Gasteiger partial charge is 0.452 e. The molecule has 2 N–H and O–H groups in total. The summed E-state index contributed by atoms with van der Waals surface area (Å²) in [5.74, 6) is -0.317. The molecule has 29 heavy (non-hydrogen) atoms. The molecule has 0 spiro atoms. The summed E-state index contributed by atoms with van der Waals surface area (Å²) < 4.78 is 5.56. The van der Waals surface area contributed by atoms with E-state index in [-0.39, 0.29) is 11.9 Å². The van der Waals surface area contributed by atoms with Crippen molar-refractivity contribution in [2.45, 2.75) is 13.0 Å². The lowest BCUT2D eigenvalue weighted by atomic mass is 10.1. The van der Waals surface area contributed by atoms with Crippen molar-refractivity contribution in [3.8, 4) is 11.3 Å². The number of rotatable bonds is 4. The zero-order valence-corrected chi connectivity index (χ0v) is 15.6. The molecule has 5 aromatic rings. The lowest BCUT2D eigenvalue weighted by molar-refractivity contribution is 0.0325.